The molecule has 5 aromatic heterocycles. The number of furan rings is 2. The Balaban J connectivity index is 1.06. The van der Waals surface area contributed by atoms with Crippen molar-refractivity contribution in [3.8, 4) is 45.3 Å². The highest BCUT2D eigenvalue weighted by molar-refractivity contribution is 6.11. The summed E-state index contributed by atoms with van der Waals surface area (Å²) in [7, 11) is 0. The fourth-order valence-electron chi connectivity index (χ4n) is 10.0. The zero-order chi connectivity index (χ0) is 41.9. The van der Waals surface area contributed by atoms with E-state index in [0.717, 1.165) is 105 Å². The van der Waals surface area contributed by atoms with E-state index in [-0.39, 0.29) is 0 Å². The van der Waals surface area contributed by atoms with Gasteiger partial charge in [0.1, 0.15) is 22.3 Å². The fraction of sp³-hybridized carbons (Fsp3) is 0. The van der Waals surface area contributed by atoms with Crippen LogP contribution in [0.15, 0.2) is 215 Å². The number of aromatic nitrogens is 4. The summed E-state index contributed by atoms with van der Waals surface area (Å²) in [6.45, 7) is 0. The molecule has 0 spiro atoms. The number of nitrogens with zero attached hydrogens (tertiary/aromatic N) is 4. The molecule has 5 heterocycles. The van der Waals surface area contributed by atoms with Gasteiger partial charge in [0, 0.05) is 71.2 Å². The zero-order valence-corrected chi connectivity index (χ0v) is 34.2. The van der Waals surface area contributed by atoms with Crippen LogP contribution in [0.25, 0.3) is 133 Å². The van der Waals surface area contributed by atoms with Crippen LogP contribution in [0, 0.1) is 0 Å². The van der Waals surface area contributed by atoms with Gasteiger partial charge in [0.2, 0.25) is 0 Å². The molecule has 0 radical (unpaired) electrons. The van der Waals surface area contributed by atoms with Crippen LogP contribution in [-0.4, -0.2) is 19.1 Å². The Morgan fingerprint density at radius 2 is 0.656 bits per heavy atom. The lowest BCUT2D eigenvalue weighted by atomic mass is 10.0. The maximum absolute atomic E-state index is 6.41. The van der Waals surface area contributed by atoms with E-state index in [1.165, 1.54) is 21.5 Å². The number of hydrogen-bond donors (Lipinski definition) is 0. The quantitative estimate of drug-likeness (QED) is 0.174. The normalized spacial score (nSPS) is 12.1. The van der Waals surface area contributed by atoms with Gasteiger partial charge in [0.25, 0.3) is 0 Å². The third-order valence-corrected chi connectivity index (χ3v) is 12.9. The van der Waals surface area contributed by atoms with Crippen molar-refractivity contribution in [2.75, 3.05) is 0 Å². The third-order valence-electron chi connectivity index (χ3n) is 12.9. The Bertz CT molecular complexity index is 3850. The van der Waals surface area contributed by atoms with E-state index < -0.39 is 0 Å². The minimum atomic E-state index is 0.597. The highest BCUT2D eigenvalue weighted by atomic mass is 16.3. The van der Waals surface area contributed by atoms with Crippen molar-refractivity contribution in [1.29, 1.82) is 0 Å². The summed E-state index contributed by atoms with van der Waals surface area (Å²) in [5, 5.41) is 9.11. The second kappa shape index (κ2) is 13.4. The first-order valence-electron chi connectivity index (χ1n) is 21.6. The van der Waals surface area contributed by atoms with E-state index in [9.17, 15) is 0 Å². The minimum absolute atomic E-state index is 0.597. The Morgan fingerprint density at radius 1 is 0.281 bits per heavy atom. The van der Waals surface area contributed by atoms with E-state index in [1.807, 2.05) is 36.4 Å². The van der Waals surface area contributed by atoms with Gasteiger partial charge in [-0.15, -0.1) is 0 Å². The van der Waals surface area contributed by atoms with Gasteiger partial charge >= 0.3 is 0 Å². The maximum atomic E-state index is 6.41. The van der Waals surface area contributed by atoms with E-state index in [1.54, 1.807) is 0 Å². The van der Waals surface area contributed by atoms with Crippen molar-refractivity contribution < 1.29 is 8.83 Å². The molecule has 0 atom stereocenters. The Morgan fingerprint density at radius 3 is 1.14 bits per heavy atom. The van der Waals surface area contributed by atoms with Crippen molar-refractivity contribution in [1.82, 2.24) is 19.1 Å². The monoisotopic (exact) mass is 818 g/mol. The molecular formula is C58H34N4O2. The van der Waals surface area contributed by atoms with Crippen molar-refractivity contribution >= 4 is 87.5 Å². The molecule has 0 fully saturated rings. The van der Waals surface area contributed by atoms with E-state index in [4.69, 9.17) is 18.8 Å². The van der Waals surface area contributed by atoms with Gasteiger partial charge in [-0.1, -0.05) is 121 Å². The van der Waals surface area contributed by atoms with Crippen LogP contribution in [0.2, 0.25) is 0 Å². The average molecular weight is 819 g/mol. The lowest BCUT2D eigenvalue weighted by Gasteiger charge is -2.16. The predicted octanol–water partition coefficient (Wildman–Crippen LogP) is 15.5. The molecule has 9 aromatic carbocycles. The largest absolute Gasteiger partial charge is 0.456 e. The second-order valence-electron chi connectivity index (χ2n) is 16.6. The summed E-state index contributed by atoms with van der Waals surface area (Å²) in [6.07, 6.45) is 0. The second-order valence-corrected chi connectivity index (χ2v) is 16.6. The molecule has 64 heavy (non-hydrogen) atoms. The predicted molar refractivity (Wildman–Crippen MR) is 262 cm³/mol. The summed E-state index contributed by atoms with van der Waals surface area (Å²) in [5.41, 5.74) is 14.2. The van der Waals surface area contributed by atoms with Crippen molar-refractivity contribution in [3.05, 3.63) is 206 Å². The molecule has 0 aliphatic rings. The van der Waals surface area contributed by atoms with Gasteiger partial charge in [-0.2, -0.15) is 0 Å². The molecule has 14 aromatic rings. The summed E-state index contributed by atoms with van der Waals surface area (Å²) in [6, 6.07) is 72.7. The van der Waals surface area contributed by atoms with E-state index >= 15 is 0 Å². The van der Waals surface area contributed by atoms with Crippen LogP contribution in [-0.2, 0) is 0 Å². The van der Waals surface area contributed by atoms with Gasteiger partial charge in [-0.05, 0) is 84.9 Å². The number of benzene rings is 9. The van der Waals surface area contributed by atoms with E-state index in [2.05, 4.69) is 179 Å². The molecule has 0 amide bonds. The Labute approximate surface area is 365 Å². The van der Waals surface area contributed by atoms with Gasteiger partial charge in [-0.3, -0.25) is 0 Å². The molecule has 0 N–H and O–H groups in total. The summed E-state index contributed by atoms with van der Waals surface area (Å²) in [4.78, 5) is 10.8. The number of hydrogen-bond acceptors (Lipinski definition) is 4. The van der Waals surface area contributed by atoms with Crippen LogP contribution < -0.4 is 0 Å². The number of para-hydroxylation sites is 6. The number of rotatable bonds is 5. The maximum Gasteiger partial charge on any atom is 0.160 e. The van der Waals surface area contributed by atoms with Crippen LogP contribution in [0.5, 0.6) is 0 Å². The Kier molecular flexibility index (Phi) is 7.30. The first kappa shape index (κ1) is 34.9. The molecule has 298 valence electrons. The average Bonchev–Trinajstić information content (AvgIpc) is 4.11. The first-order valence-corrected chi connectivity index (χ1v) is 21.6. The molecular weight excluding hydrogens is 785 g/mol. The van der Waals surface area contributed by atoms with E-state index in [0.29, 0.717) is 5.82 Å². The van der Waals surface area contributed by atoms with Crippen LogP contribution in [0.3, 0.4) is 0 Å². The number of fused-ring (bicyclic) bond motifs is 12. The zero-order valence-electron chi connectivity index (χ0n) is 34.2. The molecule has 0 bridgehead atoms. The van der Waals surface area contributed by atoms with Crippen LogP contribution in [0.4, 0.5) is 0 Å². The molecule has 0 unspecified atom stereocenters. The molecule has 6 nitrogen and oxygen atoms in total. The minimum Gasteiger partial charge on any atom is -0.456 e. The summed E-state index contributed by atoms with van der Waals surface area (Å²) in [5.74, 6) is 0.597. The molecule has 0 aliphatic heterocycles. The molecule has 0 aliphatic carbocycles. The van der Waals surface area contributed by atoms with Gasteiger partial charge in [-0.25, -0.2) is 9.97 Å². The smallest absolute Gasteiger partial charge is 0.160 e. The standard InChI is InChI=1S/C58H34N4O2/c1-7-19-50-40(13-1)41-14-2-8-20-51(41)61(50)38-29-37(30-39(33-38)62-52-21-9-3-15-42(52)43-16-4-10-22-53(43)62)49-34-48(35-25-27-46-44-17-5-11-23-54(44)63-56(46)31-35)59-58(60-49)36-26-28-47-45-18-6-12-24-55(45)64-57(47)32-36/h1-34H. The molecule has 6 heteroatoms. The molecule has 0 saturated heterocycles. The highest BCUT2D eigenvalue weighted by Crippen LogP contribution is 2.40. The van der Waals surface area contributed by atoms with Crippen LogP contribution >= 0.6 is 0 Å². The fourth-order valence-corrected chi connectivity index (χ4v) is 10.0. The lowest BCUT2D eigenvalue weighted by Crippen LogP contribution is -2.01. The molecule has 0 saturated carbocycles. The highest BCUT2D eigenvalue weighted by Gasteiger charge is 2.20. The lowest BCUT2D eigenvalue weighted by molar-refractivity contribution is 0.668. The first-order chi connectivity index (χ1) is 31.7. The topological polar surface area (TPSA) is 61.9 Å². The van der Waals surface area contributed by atoms with Gasteiger partial charge in [0.05, 0.1) is 33.5 Å². The van der Waals surface area contributed by atoms with Crippen molar-refractivity contribution in [2.45, 2.75) is 0 Å². The summed E-state index contributed by atoms with van der Waals surface area (Å²) < 4.78 is 17.6. The van der Waals surface area contributed by atoms with Gasteiger partial charge in [0.15, 0.2) is 5.82 Å². The van der Waals surface area contributed by atoms with Crippen molar-refractivity contribution in [3.63, 3.8) is 0 Å². The van der Waals surface area contributed by atoms with Crippen molar-refractivity contribution in [2.24, 2.45) is 0 Å². The van der Waals surface area contributed by atoms with Crippen LogP contribution in [0.1, 0.15) is 0 Å². The van der Waals surface area contributed by atoms with Gasteiger partial charge < -0.3 is 18.0 Å². The summed E-state index contributed by atoms with van der Waals surface area (Å²) >= 11 is 0. The Hall–Kier alpha value is -8.74. The third kappa shape index (κ3) is 5.20. The molecule has 14 rings (SSSR count). The SMILES string of the molecule is c1ccc2c(c1)oc1cc(-c3cc(-c4cc(-n5c6ccccc6c6ccccc65)cc(-n5c6ccccc6c6ccccc65)c4)nc(-c4ccc5c(c4)oc4ccccc45)n3)ccc12.